The van der Waals surface area contributed by atoms with E-state index >= 15 is 0 Å². The highest BCUT2D eigenvalue weighted by Gasteiger charge is 2.17. The number of hydrogen-bond acceptors (Lipinski definition) is 4. The zero-order chi connectivity index (χ0) is 18.4. The first kappa shape index (κ1) is 18.6. The van der Waals surface area contributed by atoms with Crippen LogP contribution in [-0.2, 0) is 16.1 Å². The highest BCUT2D eigenvalue weighted by Crippen LogP contribution is 2.11. The number of carbonyl (C=O) groups is 1. The first-order chi connectivity index (χ1) is 12.6. The van der Waals surface area contributed by atoms with E-state index in [1.807, 2.05) is 23.0 Å². The number of carbonyl (C=O) groups excluding carboxylic acids is 1. The standard InChI is InChI=1S/C20H28N4O2/c1-16-4-3-5-19(12-16)24-15-18(14-22-24)13-21-20(25)7-6-17(2)23-8-10-26-11-9-23/h3-5,12,14-15,17H,6-11,13H2,1-2H3,(H,21,25). The Hall–Kier alpha value is -2.18. The fraction of sp³-hybridized carbons (Fsp3) is 0.500. The largest absolute Gasteiger partial charge is 0.379 e. The summed E-state index contributed by atoms with van der Waals surface area (Å²) < 4.78 is 7.22. The van der Waals surface area contributed by atoms with Crippen molar-refractivity contribution in [3.8, 4) is 5.69 Å². The third-order valence-electron chi connectivity index (χ3n) is 4.85. The monoisotopic (exact) mass is 356 g/mol. The van der Waals surface area contributed by atoms with Gasteiger partial charge >= 0.3 is 0 Å². The van der Waals surface area contributed by atoms with Gasteiger partial charge in [0, 0.05) is 43.9 Å². The van der Waals surface area contributed by atoms with Gasteiger partial charge in [-0.3, -0.25) is 9.69 Å². The number of amides is 1. The lowest BCUT2D eigenvalue weighted by Crippen LogP contribution is -2.42. The first-order valence-corrected chi connectivity index (χ1v) is 9.31. The molecule has 1 saturated heterocycles. The number of rotatable bonds is 7. The van der Waals surface area contributed by atoms with Gasteiger partial charge in [-0.1, -0.05) is 12.1 Å². The Morgan fingerprint density at radius 3 is 2.92 bits per heavy atom. The lowest BCUT2D eigenvalue weighted by molar-refractivity contribution is -0.121. The molecule has 140 valence electrons. The molecule has 3 rings (SSSR count). The first-order valence-electron chi connectivity index (χ1n) is 9.31. The second kappa shape index (κ2) is 8.96. The van der Waals surface area contributed by atoms with Crippen molar-refractivity contribution >= 4 is 5.91 Å². The van der Waals surface area contributed by atoms with Gasteiger partial charge in [0.05, 0.1) is 25.1 Å². The van der Waals surface area contributed by atoms with Crippen LogP contribution in [0.1, 0.15) is 30.9 Å². The van der Waals surface area contributed by atoms with E-state index in [0.717, 1.165) is 44.0 Å². The zero-order valence-corrected chi connectivity index (χ0v) is 15.6. The summed E-state index contributed by atoms with van der Waals surface area (Å²) in [5, 5.41) is 7.39. The maximum Gasteiger partial charge on any atom is 0.220 e. The molecule has 0 bridgehead atoms. The van der Waals surface area contributed by atoms with Gasteiger partial charge < -0.3 is 10.1 Å². The van der Waals surface area contributed by atoms with Crippen LogP contribution < -0.4 is 5.32 Å². The molecule has 1 aliphatic rings. The summed E-state index contributed by atoms with van der Waals surface area (Å²) in [7, 11) is 0. The molecule has 0 spiro atoms. The Balaban J connectivity index is 1.43. The van der Waals surface area contributed by atoms with Crippen molar-refractivity contribution in [2.75, 3.05) is 26.3 Å². The Labute approximate surface area is 155 Å². The average molecular weight is 356 g/mol. The van der Waals surface area contributed by atoms with E-state index in [2.05, 4.69) is 41.3 Å². The number of hydrogen-bond donors (Lipinski definition) is 1. The van der Waals surface area contributed by atoms with Crippen molar-refractivity contribution in [3.63, 3.8) is 0 Å². The Morgan fingerprint density at radius 2 is 2.15 bits per heavy atom. The van der Waals surface area contributed by atoms with Crippen LogP contribution in [-0.4, -0.2) is 52.9 Å². The Kier molecular flexibility index (Phi) is 6.41. The number of nitrogens with one attached hydrogen (secondary N) is 1. The van der Waals surface area contributed by atoms with Crippen molar-refractivity contribution in [2.24, 2.45) is 0 Å². The van der Waals surface area contributed by atoms with E-state index in [9.17, 15) is 4.79 Å². The minimum atomic E-state index is 0.0911. The van der Waals surface area contributed by atoms with Gasteiger partial charge in [0.15, 0.2) is 0 Å². The van der Waals surface area contributed by atoms with E-state index in [-0.39, 0.29) is 5.91 Å². The van der Waals surface area contributed by atoms with Gasteiger partial charge in [0.25, 0.3) is 0 Å². The summed E-state index contributed by atoms with van der Waals surface area (Å²) in [6.45, 7) is 8.26. The summed E-state index contributed by atoms with van der Waals surface area (Å²) in [5.74, 6) is 0.0911. The maximum absolute atomic E-state index is 12.1. The highest BCUT2D eigenvalue weighted by atomic mass is 16.5. The summed E-state index contributed by atoms with van der Waals surface area (Å²) in [6, 6.07) is 8.60. The van der Waals surface area contributed by atoms with E-state index in [4.69, 9.17) is 4.74 Å². The van der Waals surface area contributed by atoms with Gasteiger partial charge in [-0.15, -0.1) is 0 Å². The molecule has 1 aliphatic heterocycles. The SMILES string of the molecule is Cc1cccc(-n2cc(CNC(=O)CCC(C)N3CCOCC3)cn2)c1. The van der Waals surface area contributed by atoms with Gasteiger partial charge in [-0.2, -0.15) is 5.10 Å². The Morgan fingerprint density at radius 1 is 1.35 bits per heavy atom. The van der Waals surface area contributed by atoms with Crippen LogP contribution in [0.3, 0.4) is 0 Å². The van der Waals surface area contributed by atoms with Crippen molar-refractivity contribution < 1.29 is 9.53 Å². The molecular weight excluding hydrogens is 328 g/mol. The molecule has 0 saturated carbocycles. The molecule has 0 aliphatic carbocycles. The molecule has 1 aromatic heterocycles. The summed E-state index contributed by atoms with van der Waals surface area (Å²) in [5.41, 5.74) is 3.23. The molecule has 0 radical (unpaired) electrons. The second-order valence-electron chi connectivity index (χ2n) is 6.94. The van der Waals surface area contributed by atoms with Gasteiger partial charge in [-0.25, -0.2) is 4.68 Å². The predicted octanol–water partition coefficient (Wildman–Crippen LogP) is 2.30. The number of nitrogens with zero attached hydrogens (tertiary/aromatic N) is 3. The normalized spacial score (nSPS) is 16.4. The molecule has 6 heteroatoms. The number of ether oxygens (including phenoxy) is 1. The minimum absolute atomic E-state index is 0.0911. The molecule has 1 N–H and O–H groups in total. The minimum Gasteiger partial charge on any atom is -0.379 e. The van der Waals surface area contributed by atoms with E-state index in [1.54, 1.807) is 6.20 Å². The number of morpholine rings is 1. The molecule has 1 aromatic carbocycles. The molecular formula is C20H28N4O2. The molecule has 1 unspecified atom stereocenters. The number of benzene rings is 1. The summed E-state index contributed by atoms with van der Waals surface area (Å²) in [4.78, 5) is 14.5. The van der Waals surface area contributed by atoms with Crippen LogP contribution in [0.5, 0.6) is 0 Å². The topological polar surface area (TPSA) is 59.4 Å². The number of aryl methyl sites for hydroxylation is 1. The van der Waals surface area contributed by atoms with Crippen molar-refractivity contribution in [1.82, 2.24) is 20.0 Å². The average Bonchev–Trinajstić information content (AvgIpc) is 3.14. The van der Waals surface area contributed by atoms with Gasteiger partial charge in [-0.05, 0) is 38.0 Å². The fourth-order valence-electron chi connectivity index (χ4n) is 3.19. The lowest BCUT2D eigenvalue weighted by Gasteiger charge is -2.32. The van der Waals surface area contributed by atoms with Crippen molar-refractivity contribution in [2.45, 2.75) is 39.3 Å². The molecule has 2 heterocycles. The van der Waals surface area contributed by atoms with Crippen LogP contribution >= 0.6 is 0 Å². The van der Waals surface area contributed by atoms with Crippen LogP contribution in [0.2, 0.25) is 0 Å². The van der Waals surface area contributed by atoms with Gasteiger partial charge in [0.1, 0.15) is 0 Å². The van der Waals surface area contributed by atoms with Crippen LogP contribution in [0.15, 0.2) is 36.7 Å². The Bertz CT molecular complexity index is 722. The third kappa shape index (κ3) is 5.16. The van der Waals surface area contributed by atoms with E-state index in [0.29, 0.717) is 19.0 Å². The molecule has 1 atom stereocenters. The van der Waals surface area contributed by atoms with Crippen LogP contribution in [0.25, 0.3) is 5.69 Å². The number of aromatic nitrogens is 2. The van der Waals surface area contributed by atoms with Crippen LogP contribution in [0.4, 0.5) is 0 Å². The van der Waals surface area contributed by atoms with Crippen molar-refractivity contribution in [1.29, 1.82) is 0 Å². The maximum atomic E-state index is 12.1. The van der Waals surface area contributed by atoms with Crippen molar-refractivity contribution in [3.05, 3.63) is 47.8 Å². The molecule has 1 amide bonds. The van der Waals surface area contributed by atoms with E-state index in [1.165, 1.54) is 5.56 Å². The van der Waals surface area contributed by atoms with Crippen LogP contribution in [0, 0.1) is 6.92 Å². The highest BCUT2D eigenvalue weighted by molar-refractivity contribution is 5.75. The zero-order valence-electron chi connectivity index (χ0n) is 15.6. The fourth-order valence-corrected chi connectivity index (χ4v) is 3.19. The molecule has 6 nitrogen and oxygen atoms in total. The van der Waals surface area contributed by atoms with Gasteiger partial charge in [0.2, 0.25) is 5.91 Å². The summed E-state index contributed by atoms with van der Waals surface area (Å²) in [6.07, 6.45) is 5.18. The third-order valence-corrected chi connectivity index (χ3v) is 4.85. The predicted molar refractivity (Wildman–Crippen MR) is 101 cm³/mol. The molecule has 26 heavy (non-hydrogen) atoms. The van der Waals surface area contributed by atoms with E-state index < -0.39 is 0 Å². The second-order valence-corrected chi connectivity index (χ2v) is 6.94. The molecule has 1 fully saturated rings. The summed E-state index contributed by atoms with van der Waals surface area (Å²) >= 11 is 0. The quantitative estimate of drug-likeness (QED) is 0.827. The molecule has 2 aromatic rings. The lowest BCUT2D eigenvalue weighted by atomic mass is 10.1. The smallest absolute Gasteiger partial charge is 0.220 e.